The highest BCUT2D eigenvalue weighted by Crippen LogP contribution is 2.56. The molecule has 8 nitrogen and oxygen atoms in total. The van der Waals surface area contributed by atoms with Crippen molar-refractivity contribution >= 4 is 23.6 Å². The summed E-state index contributed by atoms with van der Waals surface area (Å²) < 4.78 is -0.261. The summed E-state index contributed by atoms with van der Waals surface area (Å²) in [6, 6.07) is 8.73. The second-order valence-corrected chi connectivity index (χ2v) is 8.51. The number of thioether (sulfide) groups is 1. The molecule has 25 heavy (non-hydrogen) atoms. The first-order valence-corrected chi connectivity index (χ1v) is 8.92. The highest BCUT2D eigenvalue weighted by atomic mass is 32.2. The van der Waals surface area contributed by atoms with Crippen molar-refractivity contribution in [3.05, 3.63) is 41.7 Å². The topological polar surface area (TPSA) is 104 Å². The molecule has 2 aliphatic rings. The minimum Gasteiger partial charge on any atom is -0.341 e. The SMILES string of the molecule is CC1(C)S[C@@H]2C(NC(=O)Cc3ccccc3)C(=O)N2C1c1nn[nH]n1. The Morgan fingerprint density at radius 2 is 2.12 bits per heavy atom. The molecule has 130 valence electrons. The first-order valence-electron chi connectivity index (χ1n) is 8.04. The molecule has 0 bridgehead atoms. The van der Waals surface area contributed by atoms with Gasteiger partial charge in [-0.1, -0.05) is 35.5 Å². The Balaban J connectivity index is 1.46. The lowest BCUT2D eigenvalue weighted by molar-refractivity contribution is -0.151. The summed E-state index contributed by atoms with van der Waals surface area (Å²) in [5.74, 6) is 0.257. The number of β-lactam (4-membered cyclic amide) rings is 1. The molecule has 2 saturated heterocycles. The maximum atomic E-state index is 12.6. The van der Waals surface area contributed by atoms with Gasteiger partial charge in [-0.3, -0.25) is 9.59 Å². The molecule has 1 aromatic carbocycles. The Labute approximate surface area is 148 Å². The van der Waals surface area contributed by atoms with Crippen molar-refractivity contribution in [2.45, 2.75) is 42.5 Å². The minimum absolute atomic E-state index is 0.0979. The van der Waals surface area contributed by atoms with Crippen LogP contribution in [0, 0.1) is 0 Å². The number of fused-ring (bicyclic) bond motifs is 1. The third-order valence-corrected chi connectivity index (χ3v) is 6.14. The van der Waals surface area contributed by atoms with E-state index >= 15 is 0 Å². The predicted molar refractivity (Wildman–Crippen MR) is 91.3 cm³/mol. The maximum Gasteiger partial charge on any atom is 0.249 e. The average molecular weight is 358 g/mol. The number of carbonyl (C=O) groups is 2. The van der Waals surface area contributed by atoms with Crippen molar-refractivity contribution < 1.29 is 9.59 Å². The lowest BCUT2D eigenvalue weighted by Gasteiger charge is -2.44. The number of benzene rings is 1. The highest BCUT2D eigenvalue weighted by Gasteiger charge is 2.63. The minimum atomic E-state index is -0.502. The first-order chi connectivity index (χ1) is 12.0. The van der Waals surface area contributed by atoms with Gasteiger partial charge in [0.05, 0.1) is 6.42 Å². The van der Waals surface area contributed by atoms with E-state index in [1.54, 1.807) is 16.7 Å². The van der Waals surface area contributed by atoms with Gasteiger partial charge in [0, 0.05) is 4.75 Å². The molecule has 0 aliphatic carbocycles. The van der Waals surface area contributed by atoms with Gasteiger partial charge in [0.25, 0.3) is 0 Å². The monoisotopic (exact) mass is 358 g/mol. The highest BCUT2D eigenvalue weighted by molar-refractivity contribution is 8.01. The number of carbonyl (C=O) groups excluding carboxylic acids is 2. The van der Waals surface area contributed by atoms with Crippen LogP contribution in [0.1, 0.15) is 31.3 Å². The Bertz CT molecular complexity index is 794. The van der Waals surface area contributed by atoms with Crippen LogP contribution >= 0.6 is 11.8 Å². The number of aromatic amines is 1. The summed E-state index contributed by atoms with van der Waals surface area (Å²) in [6.45, 7) is 4.10. The van der Waals surface area contributed by atoms with Gasteiger partial charge >= 0.3 is 0 Å². The van der Waals surface area contributed by atoms with Crippen molar-refractivity contribution in [2.75, 3.05) is 0 Å². The smallest absolute Gasteiger partial charge is 0.249 e. The number of nitrogens with one attached hydrogen (secondary N) is 2. The van der Waals surface area contributed by atoms with Crippen molar-refractivity contribution in [1.29, 1.82) is 0 Å². The summed E-state index contributed by atoms with van der Waals surface area (Å²) in [4.78, 5) is 26.7. The van der Waals surface area contributed by atoms with Crippen LogP contribution in [0.25, 0.3) is 0 Å². The molecular weight excluding hydrogens is 340 g/mol. The molecule has 2 aromatic rings. The number of rotatable bonds is 4. The number of hydrogen-bond donors (Lipinski definition) is 2. The zero-order valence-electron chi connectivity index (χ0n) is 13.8. The van der Waals surface area contributed by atoms with Gasteiger partial charge < -0.3 is 10.2 Å². The van der Waals surface area contributed by atoms with E-state index in [1.807, 2.05) is 44.2 Å². The zero-order chi connectivity index (χ0) is 17.6. The van der Waals surface area contributed by atoms with E-state index in [0.717, 1.165) is 5.56 Å². The van der Waals surface area contributed by atoms with E-state index in [0.29, 0.717) is 5.82 Å². The molecule has 2 aliphatic heterocycles. The summed E-state index contributed by atoms with van der Waals surface area (Å²) in [6.07, 6.45) is 0.264. The van der Waals surface area contributed by atoms with E-state index in [4.69, 9.17) is 0 Å². The molecule has 2 unspecified atom stereocenters. The summed E-state index contributed by atoms with van der Waals surface area (Å²) in [5.41, 5.74) is 0.924. The van der Waals surface area contributed by atoms with Gasteiger partial charge in [-0.15, -0.1) is 22.0 Å². The summed E-state index contributed by atoms with van der Waals surface area (Å²) in [7, 11) is 0. The van der Waals surface area contributed by atoms with E-state index in [-0.39, 0.29) is 34.4 Å². The van der Waals surface area contributed by atoms with E-state index in [9.17, 15) is 9.59 Å². The van der Waals surface area contributed by atoms with E-state index in [1.165, 1.54) is 0 Å². The normalized spacial score (nSPS) is 26.9. The first kappa shape index (κ1) is 16.1. The van der Waals surface area contributed by atoms with Crippen LogP contribution in [0.2, 0.25) is 0 Å². The fourth-order valence-electron chi connectivity index (χ4n) is 3.46. The molecule has 2 amide bonds. The third-order valence-electron chi connectivity index (χ3n) is 4.57. The van der Waals surface area contributed by atoms with Crippen LogP contribution in [0.15, 0.2) is 30.3 Å². The molecule has 0 saturated carbocycles. The van der Waals surface area contributed by atoms with E-state index < -0.39 is 6.04 Å². The van der Waals surface area contributed by atoms with Crippen LogP contribution in [0.4, 0.5) is 0 Å². The molecule has 0 spiro atoms. The van der Waals surface area contributed by atoms with Crippen molar-refractivity contribution in [1.82, 2.24) is 30.8 Å². The number of hydrogen-bond acceptors (Lipinski definition) is 6. The molecule has 2 fully saturated rings. The van der Waals surface area contributed by atoms with Crippen LogP contribution in [0.5, 0.6) is 0 Å². The quantitative estimate of drug-likeness (QED) is 0.778. The average Bonchev–Trinajstić information content (AvgIpc) is 3.18. The lowest BCUT2D eigenvalue weighted by atomic mass is 9.95. The Morgan fingerprint density at radius 1 is 1.36 bits per heavy atom. The number of nitrogens with zero attached hydrogens (tertiary/aromatic N) is 4. The second-order valence-electron chi connectivity index (χ2n) is 6.74. The lowest BCUT2D eigenvalue weighted by Crippen LogP contribution is -2.68. The number of tetrazole rings is 1. The Hall–Kier alpha value is -2.42. The molecule has 9 heteroatoms. The summed E-state index contributed by atoms with van der Waals surface area (Å²) in [5, 5.41) is 16.9. The summed E-state index contributed by atoms with van der Waals surface area (Å²) >= 11 is 1.65. The van der Waals surface area contributed by atoms with Crippen LogP contribution in [-0.4, -0.2) is 53.5 Å². The molecule has 3 heterocycles. The molecule has 3 atom stereocenters. The molecule has 0 radical (unpaired) electrons. The molecular formula is C16H18N6O2S. The Morgan fingerprint density at radius 3 is 2.80 bits per heavy atom. The van der Waals surface area contributed by atoms with Gasteiger partial charge in [0.1, 0.15) is 17.5 Å². The van der Waals surface area contributed by atoms with E-state index in [2.05, 4.69) is 25.9 Å². The fourth-order valence-corrected chi connectivity index (χ4v) is 5.09. The van der Waals surface area contributed by atoms with Gasteiger partial charge in [-0.25, -0.2) is 0 Å². The molecule has 1 aromatic heterocycles. The predicted octanol–water partition coefficient (Wildman–Crippen LogP) is 0.662. The molecule has 4 rings (SSSR count). The second kappa shape index (κ2) is 5.83. The number of H-pyrrole nitrogens is 1. The van der Waals surface area contributed by atoms with Crippen molar-refractivity contribution in [3.8, 4) is 0 Å². The third kappa shape index (κ3) is 2.68. The Kier molecular flexibility index (Phi) is 3.75. The largest absolute Gasteiger partial charge is 0.341 e. The van der Waals surface area contributed by atoms with Crippen LogP contribution < -0.4 is 5.32 Å². The van der Waals surface area contributed by atoms with Gasteiger partial charge in [-0.05, 0) is 19.4 Å². The van der Waals surface area contributed by atoms with Crippen molar-refractivity contribution in [2.24, 2.45) is 0 Å². The van der Waals surface area contributed by atoms with Crippen LogP contribution in [-0.2, 0) is 16.0 Å². The standard InChI is InChI=1S/C16H18N6O2S/c1-16(2)12(13-18-20-21-19-13)22-14(24)11(15(22)25-16)17-10(23)8-9-6-4-3-5-7-9/h3-7,11-12,15H,8H2,1-2H3,(H,17,23)(H,18,19,20,21)/t11?,12?,15-/m1/s1. The molecule has 2 N–H and O–H groups in total. The zero-order valence-corrected chi connectivity index (χ0v) is 14.7. The van der Waals surface area contributed by atoms with Gasteiger partial charge in [0.15, 0.2) is 5.82 Å². The van der Waals surface area contributed by atoms with Crippen molar-refractivity contribution in [3.63, 3.8) is 0 Å². The number of amides is 2. The van der Waals surface area contributed by atoms with Gasteiger partial charge in [0.2, 0.25) is 11.8 Å². The van der Waals surface area contributed by atoms with Gasteiger partial charge in [-0.2, -0.15) is 5.21 Å². The maximum absolute atomic E-state index is 12.6. The fraction of sp³-hybridized carbons (Fsp3) is 0.438. The van der Waals surface area contributed by atoms with Crippen LogP contribution in [0.3, 0.4) is 0 Å². The number of aromatic nitrogens is 4.